The Morgan fingerprint density at radius 2 is 2.05 bits per heavy atom. The van der Waals surface area contributed by atoms with Crippen LogP contribution in [0.4, 0.5) is 10.1 Å². The third-order valence-electron chi connectivity index (χ3n) is 3.71. The van der Waals surface area contributed by atoms with E-state index < -0.39 is 10.0 Å². The summed E-state index contributed by atoms with van der Waals surface area (Å²) in [5, 5.41) is 3.26. The van der Waals surface area contributed by atoms with Gasteiger partial charge in [-0.15, -0.1) is 0 Å². The minimum atomic E-state index is -3.36. The van der Waals surface area contributed by atoms with Crippen LogP contribution in [0.25, 0.3) is 0 Å². The lowest BCUT2D eigenvalue weighted by atomic mass is 9.96. The van der Waals surface area contributed by atoms with Crippen LogP contribution in [0, 0.1) is 18.7 Å². The van der Waals surface area contributed by atoms with Crippen LogP contribution >= 0.6 is 0 Å². The lowest BCUT2D eigenvalue weighted by Crippen LogP contribution is -2.29. The zero-order valence-corrected chi connectivity index (χ0v) is 12.5. The smallest absolute Gasteiger partial charge is 0.232 e. The highest BCUT2D eigenvalue weighted by Crippen LogP contribution is 2.20. The van der Waals surface area contributed by atoms with Crippen molar-refractivity contribution in [2.75, 3.05) is 23.6 Å². The largest absolute Gasteiger partial charge is 0.317 e. The van der Waals surface area contributed by atoms with Crippen molar-refractivity contribution >= 4 is 15.7 Å². The molecule has 112 valence electrons. The summed E-state index contributed by atoms with van der Waals surface area (Å²) in [5.41, 5.74) is 1.05. The van der Waals surface area contributed by atoms with Gasteiger partial charge in [0.2, 0.25) is 10.0 Å². The molecule has 0 aliphatic carbocycles. The van der Waals surface area contributed by atoms with Crippen LogP contribution in [-0.4, -0.2) is 27.3 Å². The molecule has 0 amide bonds. The van der Waals surface area contributed by atoms with Gasteiger partial charge in [0.15, 0.2) is 0 Å². The number of sulfonamides is 1. The van der Waals surface area contributed by atoms with Gasteiger partial charge in [-0.25, -0.2) is 12.8 Å². The lowest BCUT2D eigenvalue weighted by Gasteiger charge is -2.22. The summed E-state index contributed by atoms with van der Waals surface area (Å²) >= 11 is 0. The molecule has 1 saturated heterocycles. The van der Waals surface area contributed by atoms with Gasteiger partial charge in [0.25, 0.3) is 0 Å². The van der Waals surface area contributed by atoms with Crippen LogP contribution in [-0.2, 0) is 10.0 Å². The number of halogens is 1. The monoisotopic (exact) mass is 300 g/mol. The minimum absolute atomic E-state index is 0.120. The predicted molar refractivity (Wildman–Crippen MR) is 78.8 cm³/mol. The number of anilines is 1. The van der Waals surface area contributed by atoms with Crippen LogP contribution in [0.1, 0.15) is 24.8 Å². The quantitative estimate of drug-likeness (QED) is 0.877. The average molecular weight is 300 g/mol. The van der Waals surface area contributed by atoms with Crippen molar-refractivity contribution in [1.29, 1.82) is 0 Å². The van der Waals surface area contributed by atoms with Crippen molar-refractivity contribution in [3.8, 4) is 0 Å². The Kier molecular flexibility index (Phi) is 4.99. The number of benzene rings is 1. The lowest BCUT2D eigenvalue weighted by molar-refractivity contribution is 0.365. The molecule has 1 fully saturated rings. The van der Waals surface area contributed by atoms with Gasteiger partial charge in [-0.1, -0.05) is 0 Å². The molecule has 0 saturated carbocycles. The fourth-order valence-corrected chi connectivity index (χ4v) is 3.76. The second-order valence-electron chi connectivity index (χ2n) is 5.36. The first-order chi connectivity index (χ1) is 9.46. The molecule has 1 aromatic carbocycles. The molecule has 1 heterocycles. The number of piperidine rings is 1. The Morgan fingerprint density at radius 1 is 1.35 bits per heavy atom. The topological polar surface area (TPSA) is 58.2 Å². The van der Waals surface area contributed by atoms with Gasteiger partial charge in [0, 0.05) is 0 Å². The van der Waals surface area contributed by atoms with E-state index in [9.17, 15) is 12.8 Å². The highest BCUT2D eigenvalue weighted by atomic mass is 32.2. The summed E-state index contributed by atoms with van der Waals surface area (Å²) in [5.74, 6) is 0.233. The summed E-state index contributed by atoms with van der Waals surface area (Å²) in [6.45, 7) is 3.62. The molecule has 0 unspecified atom stereocenters. The van der Waals surface area contributed by atoms with E-state index in [0.29, 0.717) is 23.6 Å². The van der Waals surface area contributed by atoms with Crippen LogP contribution in [0.5, 0.6) is 0 Å². The fourth-order valence-electron chi connectivity index (χ4n) is 2.45. The van der Waals surface area contributed by atoms with Gasteiger partial charge >= 0.3 is 0 Å². The Bertz CT molecular complexity index is 554. The third kappa shape index (κ3) is 4.45. The molecule has 6 heteroatoms. The van der Waals surface area contributed by atoms with Crippen molar-refractivity contribution in [3.05, 3.63) is 29.6 Å². The molecule has 20 heavy (non-hydrogen) atoms. The highest BCUT2D eigenvalue weighted by molar-refractivity contribution is 7.92. The van der Waals surface area contributed by atoms with Gasteiger partial charge in [0.05, 0.1) is 11.4 Å². The van der Waals surface area contributed by atoms with E-state index in [2.05, 4.69) is 10.0 Å². The summed E-state index contributed by atoms with van der Waals surface area (Å²) < 4.78 is 39.6. The van der Waals surface area contributed by atoms with E-state index in [1.54, 1.807) is 6.92 Å². The molecule has 0 atom stereocenters. The van der Waals surface area contributed by atoms with Crippen LogP contribution in [0.2, 0.25) is 0 Å². The van der Waals surface area contributed by atoms with Crippen molar-refractivity contribution in [2.45, 2.75) is 26.2 Å². The average Bonchev–Trinajstić information content (AvgIpc) is 2.41. The van der Waals surface area contributed by atoms with E-state index >= 15 is 0 Å². The number of nitrogens with one attached hydrogen (secondary N) is 2. The van der Waals surface area contributed by atoms with Crippen LogP contribution in [0.15, 0.2) is 18.2 Å². The molecule has 0 radical (unpaired) electrons. The first-order valence-electron chi connectivity index (χ1n) is 6.94. The zero-order chi connectivity index (χ0) is 14.6. The molecule has 0 spiro atoms. The fraction of sp³-hybridized carbons (Fsp3) is 0.571. The van der Waals surface area contributed by atoms with E-state index in [1.165, 1.54) is 18.2 Å². The number of hydrogen-bond acceptors (Lipinski definition) is 3. The van der Waals surface area contributed by atoms with Crippen molar-refractivity contribution in [1.82, 2.24) is 5.32 Å². The standard InChI is InChI=1S/C14H21FN2O2S/c1-11-10-13(15)2-3-14(11)17-20(18,19)9-6-12-4-7-16-8-5-12/h2-3,10,12,16-17H,4-9H2,1H3. The highest BCUT2D eigenvalue weighted by Gasteiger charge is 2.18. The third-order valence-corrected chi connectivity index (χ3v) is 5.01. The maximum Gasteiger partial charge on any atom is 0.232 e. The summed E-state index contributed by atoms with van der Waals surface area (Å²) in [6, 6.07) is 4.05. The maximum absolute atomic E-state index is 13.0. The van der Waals surface area contributed by atoms with Gasteiger partial charge in [-0.2, -0.15) is 0 Å². The summed E-state index contributed by atoms with van der Waals surface area (Å²) in [6.07, 6.45) is 2.74. The maximum atomic E-state index is 13.0. The van der Waals surface area contributed by atoms with Crippen LogP contribution < -0.4 is 10.0 Å². The Hall–Kier alpha value is -1.14. The molecule has 2 rings (SSSR count). The Morgan fingerprint density at radius 3 is 2.70 bits per heavy atom. The van der Waals surface area contributed by atoms with E-state index in [0.717, 1.165) is 25.9 Å². The Balaban J connectivity index is 1.93. The molecular formula is C14H21FN2O2S. The molecule has 2 N–H and O–H groups in total. The predicted octanol–water partition coefficient (Wildman–Crippen LogP) is 2.27. The summed E-state index contributed by atoms with van der Waals surface area (Å²) in [7, 11) is -3.36. The van der Waals surface area contributed by atoms with Gasteiger partial charge in [0.1, 0.15) is 5.82 Å². The van der Waals surface area contributed by atoms with Gasteiger partial charge < -0.3 is 5.32 Å². The molecule has 1 aliphatic rings. The van der Waals surface area contributed by atoms with E-state index in [1.807, 2.05) is 0 Å². The minimum Gasteiger partial charge on any atom is -0.317 e. The van der Waals surface area contributed by atoms with E-state index in [4.69, 9.17) is 0 Å². The molecule has 1 aliphatic heterocycles. The molecule has 0 aromatic heterocycles. The van der Waals surface area contributed by atoms with Crippen molar-refractivity contribution in [3.63, 3.8) is 0 Å². The molecular weight excluding hydrogens is 279 g/mol. The molecule has 0 bridgehead atoms. The first kappa shape index (κ1) is 15.3. The van der Waals surface area contributed by atoms with Crippen molar-refractivity contribution < 1.29 is 12.8 Å². The number of aryl methyl sites for hydroxylation is 1. The molecule has 1 aromatic rings. The van der Waals surface area contributed by atoms with E-state index in [-0.39, 0.29) is 11.6 Å². The normalized spacial score (nSPS) is 17.1. The summed E-state index contributed by atoms with van der Waals surface area (Å²) in [4.78, 5) is 0. The van der Waals surface area contributed by atoms with Gasteiger partial charge in [-0.3, -0.25) is 4.72 Å². The first-order valence-corrected chi connectivity index (χ1v) is 8.59. The second kappa shape index (κ2) is 6.54. The number of rotatable bonds is 5. The molecule has 4 nitrogen and oxygen atoms in total. The zero-order valence-electron chi connectivity index (χ0n) is 11.7. The van der Waals surface area contributed by atoms with Gasteiger partial charge in [-0.05, 0) is 69.0 Å². The van der Waals surface area contributed by atoms with Crippen LogP contribution in [0.3, 0.4) is 0 Å². The number of hydrogen-bond donors (Lipinski definition) is 2. The van der Waals surface area contributed by atoms with Crippen molar-refractivity contribution in [2.24, 2.45) is 5.92 Å². The second-order valence-corrected chi connectivity index (χ2v) is 7.20. The SMILES string of the molecule is Cc1cc(F)ccc1NS(=O)(=O)CCC1CCNCC1. The Labute approximate surface area is 119 Å².